The van der Waals surface area contributed by atoms with Gasteiger partial charge in [-0.05, 0) is 43.5 Å². The fourth-order valence-corrected chi connectivity index (χ4v) is 2.50. The standard InChI is InChI=1S/C14H21NO2/c1-9-5-12(15-8-9)11-7-13(16-3)10(2)6-14(11)17-4/h6-7,9,12,15H,5,8H2,1-4H3/t9-,12+/m0/s1. The zero-order chi connectivity index (χ0) is 12.4. The lowest BCUT2D eigenvalue weighted by Crippen LogP contribution is -2.14. The summed E-state index contributed by atoms with van der Waals surface area (Å²) in [5.41, 5.74) is 2.32. The predicted octanol–water partition coefficient (Wildman–Crippen LogP) is 2.68. The molecule has 0 amide bonds. The maximum absolute atomic E-state index is 5.48. The maximum atomic E-state index is 5.48. The van der Waals surface area contributed by atoms with Crippen molar-refractivity contribution >= 4 is 0 Å². The summed E-state index contributed by atoms with van der Waals surface area (Å²) in [5, 5.41) is 3.53. The van der Waals surface area contributed by atoms with Gasteiger partial charge in [0.25, 0.3) is 0 Å². The van der Waals surface area contributed by atoms with Gasteiger partial charge >= 0.3 is 0 Å². The van der Waals surface area contributed by atoms with Crippen molar-refractivity contribution in [2.75, 3.05) is 20.8 Å². The summed E-state index contributed by atoms with van der Waals surface area (Å²) in [6, 6.07) is 4.54. The summed E-state index contributed by atoms with van der Waals surface area (Å²) in [6.07, 6.45) is 1.16. The number of methoxy groups -OCH3 is 2. The molecular formula is C14H21NO2. The molecule has 0 bridgehead atoms. The predicted molar refractivity (Wildman–Crippen MR) is 68.8 cm³/mol. The van der Waals surface area contributed by atoms with Crippen LogP contribution in [0.25, 0.3) is 0 Å². The minimum absolute atomic E-state index is 0.384. The molecule has 0 saturated carbocycles. The Labute approximate surface area is 103 Å². The molecule has 17 heavy (non-hydrogen) atoms. The number of benzene rings is 1. The van der Waals surface area contributed by atoms with E-state index in [-0.39, 0.29) is 0 Å². The van der Waals surface area contributed by atoms with E-state index in [4.69, 9.17) is 9.47 Å². The highest BCUT2D eigenvalue weighted by atomic mass is 16.5. The van der Waals surface area contributed by atoms with Gasteiger partial charge in [0.2, 0.25) is 0 Å². The van der Waals surface area contributed by atoms with Crippen molar-refractivity contribution in [3.63, 3.8) is 0 Å². The molecule has 1 aliphatic rings. The van der Waals surface area contributed by atoms with Crippen molar-refractivity contribution in [2.24, 2.45) is 5.92 Å². The number of nitrogens with one attached hydrogen (secondary N) is 1. The van der Waals surface area contributed by atoms with Gasteiger partial charge in [0.05, 0.1) is 14.2 Å². The molecule has 0 aliphatic carbocycles. The molecule has 1 aromatic rings. The van der Waals surface area contributed by atoms with Crippen molar-refractivity contribution in [2.45, 2.75) is 26.3 Å². The average Bonchev–Trinajstić information content (AvgIpc) is 2.75. The third kappa shape index (κ3) is 2.39. The SMILES string of the molecule is COc1cc([C@H]2C[C@H](C)CN2)c(OC)cc1C. The highest BCUT2D eigenvalue weighted by molar-refractivity contribution is 5.47. The van der Waals surface area contributed by atoms with Crippen molar-refractivity contribution in [1.29, 1.82) is 0 Å². The average molecular weight is 235 g/mol. The van der Waals surface area contributed by atoms with Crippen LogP contribution < -0.4 is 14.8 Å². The highest BCUT2D eigenvalue weighted by Crippen LogP contribution is 2.36. The Morgan fingerprint density at radius 1 is 1.18 bits per heavy atom. The molecule has 0 aromatic heterocycles. The molecule has 1 aromatic carbocycles. The van der Waals surface area contributed by atoms with E-state index in [0.29, 0.717) is 6.04 Å². The van der Waals surface area contributed by atoms with Gasteiger partial charge in [-0.2, -0.15) is 0 Å². The lowest BCUT2D eigenvalue weighted by molar-refractivity contribution is 0.390. The molecule has 3 nitrogen and oxygen atoms in total. The Bertz CT molecular complexity index is 403. The first-order chi connectivity index (χ1) is 8.15. The minimum atomic E-state index is 0.384. The topological polar surface area (TPSA) is 30.5 Å². The largest absolute Gasteiger partial charge is 0.496 e. The van der Waals surface area contributed by atoms with Crippen LogP contribution in [0.1, 0.15) is 30.5 Å². The third-order valence-corrected chi connectivity index (χ3v) is 3.47. The van der Waals surface area contributed by atoms with Crippen LogP contribution in [-0.2, 0) is 0 Å². The fourth-order valence-electron chi connectivity index (χ4n) is 2.50. The summed E-state index contributed by atoms with van der Waals surface area (Å²) < 4.78 is 10.9. The summed E-state index contributed by atoms with van der Waals surface area (Å²) >= 11 is 0. The van der Waals surface area contributed by atoms with Crippen molar-refractivity contribution in [1.82, 2.24) is 5.32 Å². The Morgan fingerprint density at radius 2 is 1.88 bits per heavy atom. The zero-order valence-electron chi connectivity index (χ0n) is 11.0. The van der Waals surface area contributed by atoms with Crippen molar-refractivity contribution < 1.29 is 9.47 Å². The number of ether oxygens (including phenoxy) is 2. The Hall–Kier alpha value is -1.22. The van der Waals surface area contributed by atoms with E-state index in [9.17, 15) is 0 Å². The summed E-state index contributed by atoms with van der Waals surface area (Å²) in [7, 11) is 3.44. The van der Waals surface area contributed by atoms with Crippen molar-refractivity contribution in [3.8, 4) is 11.5 Å². The van der Waals surface area contributed by atoms with Gasteiger partial charge < -0.3 is 14.8 Å². The molecule has 1 aliphatic heterocycles. The van der Waals surface area contributed by atoms with Gasteiger partial charge in [-0.25, -0.2) is 0 Å². The minimum Gasteiger partial charge on any atom is -0.496 e. The van der Waals surface area contributed by atoms with Crippen LogP contribution in [0.4, 0.5) is 0 Å². The highest BCUT2D eigenvalue weighted by Gasteiger charge is 2.25. The van der Waals surface area contributed by atoms with E-state index in [0.717, 1.165) is 35.9 Å². The van der Waals surface area contributed by atoms with Crippen LogP contribution in [0.5, 0.6) is 11.5 Å². The monoisotopic (exact) mass is 235 g/mol. The lowest BCUT2D eigenvalue weighted by atomic mass is 9.98. The molecule has 94 valence electrons. The quantitative estimate of drug-likeness (QED) is 0.873. The molecule has 1 fully saturated rings. The molecular weight excluding hydrogens is 214 g/mol. The second kappa shape index (κ2) is 4.96. The second-order valence-electron chi connectivity index (χ2n) is 4.87. The van der Waals surface area contributed by atoms with Gasteiger partial charge in [-0.3, -0.25) is 0 Å². The third-order valence-electron chi connectivity index (χ3n) is 3.47. The van der Waals surface area contributed by atoms with Gasteiger partial charge in [0.15, 0.2) is 0 Å². The van der Waals surface area contributed by atoms with E-state index in [2.05, 4.69) is 24.4 Å². The first kappa shape index (κ1) is 12.2. The van der Waals surface area contributed by atoms with Gasteiger partial charge in [-0.1, -0.05) is 6.92 Å². The van der Waals surface area contributed by atoms with Crippen LogP contribution in [0, 0.1) is 12.8 Å². The zero-order valence-corrected chi connectivity index (χ0v) is 11.0. The molecule has 2 rings (SSSR count). The first-order valence-electron chi connectivity index (χ1n) is 6.11. The van der Waals surface area contributed by atoms with E-state index in [1.54, 1.807) is 14.2 Å². The van der Waals surface area contributed by atoms with E-state index >= 15 is 0 Å². The van der Waals surface area contributed by atoms with E-state index in [1.165, 1.54) is 5.56 Å². The number of aryl methyl sites for hydroxylation is 1. The Morgan fingerprint density at radius 3 is 2.41 bits per heavy atom. The van der Waals surface area contributed by atoms with Crippen LogP contribution in [0.15, 0.2) is 12.1 Å². The number of hydrogen-bond donors (Lipinski definition) is 1. The maximum Gasteiger partial charge on any atom is 0.124 e. The Balaban J connectivity index is 2.37. The summed E-state index contributed by atoms with van der Waals surface area (Å²) in [4.78, 5) is 0. The second-order valence-corrected chi connectivity index (χ2v) is 4.87. The van der Waals surface area contributed by atoms with Crippen LogP contribution in [0.3, 0.4) is 0 Å². The van der Waals surface area contributed by atoms with Gasteiger partial charge in [0, 0.05) is 11.6 Å². The normalized spacial score (nSPS) is 23.8. The van der Waals surface area contributed by atoms with Crippen LogP contribution in [-0.4, -0.2) is 20.8 Å². The molecule has 0 spiro atoms. The number of rotatable bonds is 3. The fraction of sp³-hybridized carbons (Fsp3) is 0.571. The molecule has 3 heteroatoms. The summed E-state index contributed by atoms with van der Waals surface area (Å²) in [6.45, 7) is 5.38. The molecule has 1 N–H and O–H groups in total. The smallest absolute Gasteiger partial charge is 0.124 e. The van der Waals surface area contributed by atoms with Gasteiger partial charge in [0.1, 0.15) is 11.5 Å². The molecule has 2 atom stereocenters. The Kier molecular flexibility index (Phi) is 3.57. The number of hydrogen-bond acceptors (Lipinski definition) is 3. The van der Waals surface area contributed by atoms with E-state index < -0.39 is 0 Å². The molecule has 1 heterocycles. The first-order valence-corrected chi connectivity index (χ1v) is 6.11. The lowest BCUT2D eigenvalue weighted by Gasteiger charge is -2.17. The van der Waals surface area contributed by atoms with Gasteiger partial charge in [-0.15, -0.1) is 0 Å². The van der Waals surface area contributed by atoms with Crippen LogP contribution >= 0.6 is 0 Å². The van der Waals surface area contributed by atoms with Crippen LogP contribution in [0.2, 0.25) is 0 Å². The molecule has 0 radical (unpaired) electrons. The summed E-state index contributed by atoms with van der Waals surface area (Å²) in [5.74, 6) is 2.61. The van der Waals surface area contributed by atoms with E-state index in [1.807, 2.05) is 6.92 Å². The molecule has 1 saturated heterocycles. The molecule has 0 unspecified atom stereocenters. The van der Waals surface area contributed by atoms with Crippen molar-refractivity contribution in [3.05, 3.63) is 23.3 Å².